The van der Waals surface area contributed by atoms with Gasteiger partial charge in [0.05, 0.1) is 13.0 Å². The second-order valence-corrected chi connectivity index (χ2v) is 5.81. The third kappa shape index (κ3) is 4.50. The molecule has 0 saturated heterocycles. The number of benzene rings is 2. The number of hydrogen-bond donors (Lipinski definition) is 1. The summed E-state index contributed by atoms with van der Waals surface area (Å²) in [6.45, 7) is 6.27. The van der Waals surface area contributed by atoms with Crippen LogP contribution in [0.5, 0.6) is 5.75 Å². The van der Waals surface area contributed by atoms with Crippen LogP contribution in [0.15, 0.2) is 36.4 Å². The molecule has 0 radical (unpaired) electrons. The van der Waals surface area contributed by atoms with Gasteiger partial charge in [0.25, 0.3) is 0 Å². The number of amides is 1. The van der Waals surface area contributed by atoms with Gasteiger partial charge in [-0.05, 0) is 61.7 Å². The van der Waals surface area contributed by atoms with Crippen LogP contribution >= 0.6 is 11.6 Å². The smallest absolute Gasteiger partial charge is 0.227 e. The summed E-state index contributed by atoms with van der Waals surface area (Å²) in [5.41, 5.74) is 3.93. The SMILES string of the molecule is Cc1ccc(C)c(OCCC(=O)Nc2ccc(Cl)cc2C)c1. The third-order valence-electron chi connectivity index (χ3n) is 3.39. The lowest BCUT2D eigenvalue weighted by Crippen LogP contribution is -2.16. The highest BCUT2D eigenvalue weighted by molar-refractivity contribution is 6.30. The lowest BCUT2D eigenvalue weighted by Gasteiger charge is -2.11. The maximum absolute atomic E-state index is 12.0. The summed E-state index contributed by atoms with van der Waals surface area (Å²) in [7, 11) is 0. The second kappa shape index (κ2) is 7.32. The fraction of sp³-hybridized carbons (Fsp3) is 0.278. The van der Waals surface area contributed by atoms with Crippen LogP contribution in [0.3, 0.4) is 0 Å². The first-order chi connectivity index (χ1) is 10.5. The van der Waals surface area contributed by atoms with Crippen molar-refractivity contribution in [3.05, 3.63) is 58.1 Å². The van der Waals surface area contributed by atoms with E-state index in [0.717, 1.165) is 28.1 Å². The number of hydrogen-bond acceptors (Lipinski definition) is 2. The topological polar surface area (TPSA) is 38.3 Å². The van der Waals surface area contributed by atoms with Crippen molar-refractivity contribution in [3.8, 4) is 5.75 Å². The quantitative estimate of drug-likeness (QED) is 0.870. The molecule has 1 N–H and O–H groups in total. The summed E-state index contributed by atoms with van der Waals surface area (Å²) in [5, 5.41) is 3.53. The molecule has 116 valence electrons. The first-order valence-electron chi connectivity index (χ1n) is 7.22. The molecule has 0 spiro atoms. The van der Waals surface area contributed by atoms with Crippen molar-refractivity contribution in [3.63, 3.8) is 0 Å². The Morgan fingerprint density at radius 1 is 1.09 bits per heavy atom. The number of carbonyl (C=O) groups excluding carboxylic acids is 1. The predicted octanol–water partition coefficient (Wildman–Crippen LogP) is 4.67. The van der Waals surface area contributed by atoms with E-state index < -0.39 is 0 Å². The molecule has 2 rings (SSSR count). The van der Waals surface area contributed by atoms with Gasteiger partial charge in [0.1, 0.15) is 5.75 Å². The highest BCUT2D eigenvalue weighted by Gasteiger charge is 2.06. The predicted molar refractivity (Wildman–Crippen MR) is 90.8 cm³/mol. The zero-order chi connectivity index (χ0) is 16.1. The molecular formula is C18H20ClNO2. The molecular weight excluding hydrogens is 298 g/mol. The van der Waals surface area contributed by atoms with E-state index in [9.17, 15) is 4.79 Å². The number of rotatable bonds is 5. The second-order valence-electron chi connectivity index (χ2n) is 5.37. The third-order valence-corrected chi connectivity index (χ3v) is 3.63. The highest BCUT2D eigenvalue weighted by atomic mass is 35.5. The molecule has 0 atom stereocenters. The Morgan fingerprint density at radius 2 is 1.86 bits per heavy atom. The standard InChI is InChI=1S/C18H20ClNO2/c1-12-4-5-13(2)17(10-12)22-9-8-18(21)20-16-7-6-15(19)11-14(16)3/h4-7,10-11H,8-9H2,1-3H3,(H,20,21). The summed E-state index contributed by atoms with van der Waals surface area (Å²) in [6, 6.07) is 11.4. The molecule has 2 aromatic rings. The van der Waals surface area contributed by atoms with E-state index in [4.69, 9.17) is 16.3 Å². The summed E-state index contributed by atoms with van der Waals surface area (Å²) >= 11 is 5.90. The zero-order valence-corrected chi connectivity index (χ0v) is 13.8. The Balaban J connectivity index is 1.86. The number of ether oxygens (including phenoxy) is 1. The van der Waals surface area contributed by atoms with E-state index in [1.165, 1.54) is 0 Å². The van der Waals surface area contributed by atoms with Gasteiger partial charge in [0, 0.05) is 10.7 Å². The molecule has 0 aromatic heterocycles. The monoisotopic (exact) mass is 317 g/mol. The molecule has 1 amide bonds. The van der Waals surface area contributed by atoms with Crippen molar-refractivity contribution in [1.29, 1.82) is 0 Å². The van der Waals surface area contributed by atoms with Gasteiger partial charge in [-0.15, -0.1) is 0 Å². The first-order valence-corrected chi connectivity index (χ1v) is 7.59. The summed E-state index contributed by atoms with van der Waals surface area (Å²) in [6.07, 6.45) is 0.301. The number of nitrogens with one attached hydrogen (secondary N) is 1. The maximum Gasteiger partial charge on any atom is 0.227 e. The van der Waals surface area contributed by atoms with Crippen LogP contribution in [0.25, 0.3) is 0 Å². The van der Waals surface area contributed by atoms with E-state index in [-0.39, 0.29) is 5.91 Å². The van der Waals surface area contributed by atoms with Gasteiger partial charge in [0.2, 0.25) is 5.91 Å². The Labute approximate surface area is 136 Å². The highest BCUT2D eigenvalue weighted by Crippen LogP contribution is 2.21. The van der Waals surface area contributed by atoms with Gasteiger partial charge in [-0.2, -0.15) is 0 Å². The Hall–Kier alpha value is -2.00. The minimum atomic E-state index is -0.0734. The minimum absolute atomic E-state index is 0.0734. The van der Waals surface area contributed by atoms with Crippen molar-refractivity contribution in [2.75, 3.05) is 11.9 Å². The molecule has 0 heterocycles. The zero-order valence-electron chi connectivity index (χ0n) is 13.1. The van der Waals surface area contributed by atoms with Crippen molar-refractivity contribution in [2.24, 2.45) is 0 Å². The number of anilines is 1. The normalized spacial score (nSPS) is 10.4. The van der Waals surface area contributed by atoms with Gasteiger partial charge in [-0.25, -0.2) is 0 Å². The van der Waals surface area contributed by atoms with Crippen molar-refractivity contribution >= 4 is 23.2 Å². The average Bonchev–Trinajstić information content (AvgIpc) is 2.46. The lowest BCUT2D eigenvalue weighted by molar-refractivity contribution is -0.116. The molecule has 0 bridgehead atoms. The fourth-order valence-electron chi connectivity index (χ4n) is 2.10. The molecule has 0 aliphatic carbocycles. The molecule has 0 aliphatic rings. The van der Waals surface area contributed by atoms with Crippen LogP contribution < -0.4 is 10.1 Å². The van der Waals surface area contributed by atoms with Gasteiger partial charge in [0.15, 0.2) is 0 Å². The van der Waals surface area contributed by atoms with Crippen LogP contribution in [-0.2, 0) is 4.79 Å². The van der Waals surface area contributed by atoms with Crippen LogP contribution in [0, 0.1) is 20.8 Å². The van der Waals surface area contributed by atoms with Gasteiger partial charge >= 0.3 is 0 Å². The molecule has 0 aliphatic heterocycles. The molecule has 0 saturated carbocycles. The summed E-state index contributed by atoms with van der Waals surface area (Å²) in [5.74, 6) is 0.756. The largest absolute Gasteiger partial charge is 0.493 e. The number of carbonyl (C=O) groups is 1. The lowest BCUT2D eigenvalue weighted by atomic mass is 10.1. The Morgan fingerprint density at radius 3 is 2.59 bits per heavy atom. The van der Waals surface area contributed by atoms with Crippen LogP contribution in [0.1, 0.15) is 23.1 Å². The summed E-state index contributed by atoms with van der Waals surface area (Å²) < 4.78 is 5.69. The molecule has 4 heteroatoms. The molecule has 2 aromatic carbocycles. The van der Waals surface area contributed by atoms with E-state index in [1.54, 1.807) is 12.1 Å². The summed E-state index contributed by atoms with van der Waals surface area (Å²) in [4.78, 5) is 12.0. The van der Waals surface area contributed by atoms with Gasteiger partial charge < -0.3 is 10.1 Å². The Kier molecular flexibility index (Phi) is 5.45. The fourth-order valence-corrected chi connectivity index (χ4v) is 2.32. The number of aryl methyl sites for hydroxylation is 3. The van der Waals surface area contributed by atoms with Crippen molar-refractivity contribution < 1.29 is 9.53 Å². The minimum Gasteiger partial charge on any atom is -0.493 e. The van der Waals surface area contributed by atoms with Crippen molar-refractivity contribution in [2.45, 2.75) is 27.2 Å². The van der Waals surface area contributed by atoms with E-state index >= 15 is 0 Å². The molecule has 22 heavy (non-hydrogen) atoms. The first kappa shape index (κ1) is 16.4. The molecule has 0 unspecified atom stereocenters. The van der Waals surface area contributed by atoms with E-state index in [2.05, 4.69) is 5.32 Å². The van der Waals surface area contributed by atoms with Crippen molar-refractivity contribution in [1.82, 2.24) is 0 Å². The molecule has 0 fully saturated rings. The number of halogens is 1. The molecule has 3 nitrogen and oxygen atoms in total. The van der Waals surface area contributed by atoms with Crippen LogP contribution in [-0.4, -0.2) is 12.5 Å². The van der Waals surface area contributed by atoms with Crippen LogP contribution in [0.4, 0.5) is 5.69 Å². The Bertz CT molecular complexity index is 683. The van der Waals surface area contributed by atoms with Gasteiger partial charge in [-0.1, -0.05) is 23.7 Å². The van der Waals surface area contributed by atoms with Crippen LogP contribution in [0.2, 0.25) is 5.02 Å². The van der Waals surface area contributed by atoms with Gasteiger partial charge in [-0.3, -0.25) is 4.79 Å². The maximum atomic E-state index is 12.0. The average molecular weight is 318 g/mol. The van der Waals surface area contributed by atoms with E-state index in [1.807, 2.05) is 45.0 Å². The van der Waals surface area contributed by atoms with E-state index in [0.29, 0.717) is 18.1 Å².